The van der Waals surface area contributed by atoms with E-state index < -0.39 is 0 Å². The molecule has 5 nitrogen and oxygen atoms in total. The Morgan fingerprint density at radius 1 is 1.12 bits per heavy atom. The van der Waals surface area contributed by atoms with E-state index in [0.29, 0.717) is 0 Å². The van der Waals surface area contributed by atoms with Gasteiger partial charge in [-0.3, -0.25) is 14.9 Å². The fourth-order valence-electron chi connectivity index (χ4n) is 1.18. The number of amides is 2. The van der Waals surface area contributed by atoms with Crippen LogP contribution in [-0.4, -0.2) is 36.5 Å². The van der Waals surface area contributed by atoms with Crippen molar-refractivity contribution in [1.29, 1.82) is 0 Å². The van der Waals surface area contributed by atoms with Crippen LogP contribution in [0.1, 0.15) is 41.0 Å². The molecule has 0 radical (unpaired) electrons. The van der Waals surface area contributed by atoms with Crippen LogP contribution >= 0.6 is 0 Å². The van der Waals surface area contributed by atoms with Crippen LogP contribution in [0.2, 0.25) is 0 Å². The minimum Gasteiger partial charge on any atom is -0.353 e. The Labute approximate surface area is 104 Å². The van der Waals surface area contributed by atoms with Crippen LogP contribution in [0.3, 0.4) is 0 Å². The van der Waals surface area contributed by atoms with Crippen molar-refractivity contribution in [2.75, 3.05) is 13.1 Å². The average molecular weight is 243 g/mol. The summed E-state index contributed by atoms with van der Waals surface area (Å²) in [6.45, 7) is 10.0. The second-order valence-corrected chi connectivity index (χ2v) is 5.28. The van der Waals surface area contributed by atoms with E-state index in [2.05, 4.69) is 16.0 Å². The first-order valence-electron chi connectivity index (χ1n) is 6.05. The van der Waals surface area contributed by atoms with E-state index in [-0.39, 0.29) is 36.5 Å². The Balaban J connectivity index is 3.70. The number of rotatable bonds is 6. The van der Waals surface area contributed by atoms with Gasteiger partial charge in [0.25, 0.3) is 0 Å². The molecule has 0 aliphatic carbocycles. The Hall–Kier alpha value is -1.10. The Kier molecular flexibility index (Phi) is 6.80. The molecule has 0 aromatic heterocycles. The molecule has 0 aliphatic rings. The largest absolute Gasteiger partial charge is 0.353 e. The summed E-state index contributed by atoms with van der Waals surface area (Å²) in [6, 6.07) is 0.174. The van der Waals surface area contributed by atoms with Crippen LogP contribution in [0.25, 0.3) is 0 Å². The maximum Gasteiger partial charge on any atom is 0.234 e. The average Bonchev–Trinajstić information content (AvgIpc) is 2.14. The van der Waals surface area contributed by atoms with E-state index in [1.807, 2.05) is 34.6 Å². The summed E-state index contributed by atoms with van der Waals surface area (Å²) >= 11 is 0. The molecule has 1 atom stereocenters. The summed E-state index contributed by atoms with van der Waals surface area (Å²) in [4.78, 5) is 22.8. The molecular formula is C12H25N3O2. The molecule has 0 bridgehead atoms. The summed E-state index contributed by atoms with van der Waals surface area (Å²) < 4.78 is 0. The van der Waals surface area contributed by atoms with Crippen molar-refractivity contribution in [3.8, 4) is 0 Å². The van der Waals surface area contributed by atoms with Gasteiger partial charge in [0.2, 0.25) is 11.8 Å². The van der Waals surface area contributed by atoms with Gasteiger partial charge < -0.3 is 10.6 Å². The highest BCUT2D eigenvalue weighted by atomic mass is 16.2. The minimum absolute atomic E-state index is 0.0806. The SMILES string of the molecule is CCC(C)NC(=O)CNCC(=O)NC(C)(C)C. The molecule has 17 heavy (non-hydrogen) atoms. The Bertz CT molecular complexity index is 259. The van der Waals surface area contributed by atoms with Crippen molar-refractivity contribution in [2.45, 2.75) is 52.6 Å². The third-order valence-corrected chi connectivity index (χ3v) is 2.11. The molecule has 5 heteroatoms. The number of hydrogen-bond donors (Lipinski definition) is 3. The maximum atomic E-state index is 11.4. The van der Waals surface area contributed by atoms with Gasteiger partial charge >= 0.3 is 0 Å². The molecule has 0 saturated carbocycles. The fraction of sp³-hybridized carbons (Fsp3) is 0.833. The van der Waals surface area contributed by atoms with Crippen LogP contribution < -0.4 is 16.0 Å². The normalized spacial score (nSPS) is 13.0. The molecule has 2 amide bonds. The van der Waals surface area contributed by atoms with Crippen LogP contribution in [0, 0.1) is 0 Å². The molecule has 0 aromatic rings. The molecule has 0 spiro atoms. The Morgan fingerprint density at radius 3 is 2.12 bits per heavy atom. The van der Waals surface area contributed by atoms with Gasteiger partial charge in [-0.25, -0.2) is 0 Å². The van der Waals surface area contributed by atoms with Gasteiger partial charge in [-0.15, -0.1) is 0 Å². The number of hydrogen-bond acceptors (Lipinski definition) is 3. The third-order valence-electron chi connectivity index (χ3n) is 2.11. The van der Waals surface area contributed by atoms with Crippen molar-refractivity contribution >= 4 is 11.8 Å². The first kappa shape index (κ1) is 15.9. The van der Waals surface area contributed by atoms with Crippen molar-refractivity contribution in [1.82, 2.24) is 16.0 Å². The zero-order valence-electron chi connectivity index (χ0n) is 11.5. The highest BCUT2D eigenvalue weighted by Gasteiger charge is 2.13. The second kappa shape index (κ2) is 7.27. The van der Waals surface area contributed by atoms with Gasteiger partial charge in [0.15, 0.2) is 0 Å². The molecule has 1 unspecified atom stereocenters. The topological polar surface area (TPSA) is 70.2 Å². The van der Waals surface area contributed by atoms with E-state index in [1.165, 1.54) is 0 Å². The molecule has 0 rings (SSSR count). The summed E-state index contributed by atoms with van der Waals surface area (Å²) in [6.07, 6.45) is 0.899. The molecular weight excluding hydrogens is 218 g/mol. The molecule has 0 fully saturated rings. The quantitative estimate of drug-likeness (QED) is 0.632. The predicted molar refractivity (Wildman–Crippen MR) is 68.7 cm³/mol. The van der Waals surface area contributed by atoms with Gasteiger partial charge in [-0.1, -0.05) is 6.92 Å². The van der Waals surface area contributed by atoms with Crippen molar-refractivity contribution in [2.24, 2.45) is 0 Å². The molecule has 0 aliphatic heterocycles. The van der Waals surface area contributed by atoms with Crippen molar-refractivity contribution in [3.63, 3.8) is 0 Å². The summed E-state index contributed by atoms with van der Waals surface area (Å²) in [7, 11) is 0. The monoisotopic (exact) mass is 243 g/mol. The lowest BCUT2D eigenvalue weighted by molar-refractivity contribution is -0.122. The lowest BCUT2D eigenvalue weighted by atomic mass is 10.1. The Morgan fingerprint density at radius 2 is 1.65 bits per heavy atom. The molecule has 0 saturated heterocycles. The smallest absolute Gasteiger partial charge is 0.234 e. The van der Waals surface area contributed by atoms with E-state index in [1.54, 1.807) is 0 Å². The van der Waals surface area contributed by atoms with Gasteiger partial charge in [0, 0.05) is 11.6 Å². The maximum absolute atomic E-state index is 11.4. The van der Waals surface area contributed by atoms with Crippen LogP contribution in [0.5, 0.6) is 0 Å². The lowest BCUT2D eigenvalue weighted by Crippen LogP contribution is -2.46. The van der Waals surface area contributed by atoms with Crippen molar-refractivity contribution in [3.05, 3.63) is 0 Å². The lowest BCUT2D eigenvalue weighted by Gasteiger charge is -2.20. The van der Waals surface area contributed by atoms with Gasteiger partial charge in [0.05, 0.1) is 13.1 Å². The molecule has 3 N–H and O–H groups in total. The highest BCUT2D eigenvalue weighted by Crippen LogP contribution is 1.96. The third kappa shape index (κ3) is 9.81. The summed E-state index contributed by atoms with van der Waals surface area (Å²) in [5.74, 6) is -0.184. The number of carbonyl (C=O) groups is 2. The van der Waals surface area contributed by atoms with E-state index in [4.69, 9.17) is 0 Å². The summed E-state index contributed by atoms with van der Waals surface area (Å²) in [5.41, 5.74) is -0.238. The standard InChI is InChI=1S/C12H25N3O2/c1-6-9(2)14-10(16)7-13-8-11(17)15-12(3,4)5/h9,13H,6-8H2,1-5H3,(H,14,16)(H,15,17). The zero-order valence-corrected chi connectivity index (χ0v) is 11.5. The predicted octanol–water partition coefficient (Wildman–Crippen LogP) is 0.405. The van der Waals surface area contributed by atoms with Crippen LogP contribution in [-0.2, 0) is 9.59 Å². The number of nitrogens with one attached hydrogen (secondary N) is 3. The van der Waals surface area contributed by atoms with Crippen molar-refractivity contribution < 1.29 is 9.59 Å². The molecule has 0 heterocycles. The summed E-state index contributed by atoms with van der Waals surface area (Å²) in [5, 5.41) is 8.44. The van der Waals surface area contributed by atoms with Crippen LogP contribution in [0.4, 0.5) is 0 Å². The van der Waals surface area contributed by atoms with Crippen LogP contribution in [0.15, 0.2) is 0 Å². The van der Waals surface area contributed by atoms with E-state index >= 15 is 0 Å². The first-order valence-corrected chi connectivity index (χ1v) is 6.05. The van der Waals surface area contributed by atoms with Gasteiger partial charge in [-0.05, 0) is 34.1 Å². The van der Waals surface area contributed by atoms with E-state index in [0.717, 1.165) is 6.42 Å². The first-order chi connectivity index (χ1) is 7.74. The molecule has 0 aromatic carbocycles. The highest BCUT2D eigenvalue weighted by molar-refractivity contribution is 5.81. The number of carbonyl (C=O) groups excluding carboxylic acids is 2. The second-order valence-electron chi connectivity index (χ2n) is 5.28. The van der Waals surface area contributed by atoms with Gasteiger partial charge in [0.1, 0.15) is 0 Å². The zero-order chi connectivity index (χ0) is 13.5. The minimum atomic E-state index is -0.238. The van der Waals surface area contributed by atoms with E-state index in [9.17, 15) is 9.59 Å². The van der Waals surface area contributed by atoms with Gasteiger partial charge in [-0.2, -0.15) is 0 Å². The fourth-order valence-corrected chi connectivity index (χ4v) is 1.18. The molecule has 100 valence electrons.